The molecule has 1 aliphatic rings. The number of benzene rings is 2. The average molecular weight is 462 g/mol. The van der Waals surface area contributed by atoms with Crippen molar-refractivity contribution in [2.24, 2.45) is 0 Å². The molecule has 0 aliphatic carbocycles. The number of aromatic hydroxyl groups is 1. The van der Waals surface area contributed by atoms with Crippen LogP contribution in [0.5, 0.6) is 5.88 Å². The lowest BCUT2D eigenvalue weighted by molar-refractivity contribution is 0.0783. The average Bonchev–Trinajstić information content (AvgIpc) is 3.35. The summed E-state index contributed by atoms with van der Waals surface area (Å²) in [6.45, 7) is 3.24. The number of amides is 1. The number of carbonyl (C=O) groups excluding carboxylic acids is 1. The summed E-state index contributed by atoms with van der Waals surface area (Å²) in [5.41, 5.74) is 1.24. The second-order valence-electron chi connectivity index (χ2n) is 8.68. The third-order valence-corrected chi connectivity index (χ3v) is 6.42. The molecule has 0 radical (unpaired) electrons. The van der Waals surface area contributed by atoms with Gasteiger partial charge in [-0.25, -0.2) is 0 Å². The van der Waals surface area contributed by atoms with Gasteiger partial charge in [0.1, 0.15) is 5.82 Å². The zero-order valence-electron chi connectivity index (χ0n) is 19.7. The fourth-order valence-corrected chi connectivity index (χ4v) is 4.73. The topological polar surface area (TPSA) is 84.7 Å². The highest BCUT2D eigenvalue weighted by Crippen LogP contribution is 2.29. The van der Waals surface area contributed by atoms with Gasteiger partial charge in [0.15, 0.2) is 5.56 Å². The number of ether oxygens (including phenoxy) is 1. The van der Waals surface area contributed by atoms with Gasteiger partial charge in [-0.1, -0.05) is 67.6 Å². The minimum atomic E-state index is -0.532. The molecule has 2 heterocycles. The van der Waals surface area contributed by atoms with E-state index in [0.29, 0.717) is 25.3 Å². The lowest BCUT2D eigenvalue weighted by Crippen LogP contribution is -2.39. The molecular formula is C27H31N3O4. The fraction of sp³-hybridized carbons (Fsp3) is 0.370. The zero-order valence-corrected chi connectivity index (χ0v) is 19.7. The van der Waals surface area contributed by atoms with Crippen molar-refractivity contribution in [1.29, 1.82) is 0 Å². The molecule has 7 nitrogen and oxygen atoms in total. The molecule has 1 fully saturated rings. The fourth-order valence-electron chi connectivity index (χ4n) is 4.73. The van der Waals surface area contributed by atoms with Crippen LogP contribution in [0, 0.1) is 0 Å². The Hall–Kier alpha value is -3.45. The predicted molar refractivity (Wildman–Crippen MR) is 130 cm³/mol. The Bertz CT molecular complexity index is 1180. The highest BCUT2D eigenvalue weighted by Gasteiger charge is 2.33. The minimum absolute atomic E-state index is 0.201. The summed E-state index contributed by atoms with van der Waals surface area (Å²) in [7, 11) is 1.58. The summed E-state index contributed by atoms with van der Waals surface area (Å²) < 4.78 is 6.98. The van der Waals surface area contributed by atoms with E-state index in [-0.39, 0.29) is 18.1 Å². The first-order valence-corrected chi connectivity index (χ1v) is 11.8. The van der Waals surface area contributed by atoms with Crippen LogP contribution in [-0.4, -0.2) is 52.3 Å². The third-order valence-electron chi connectivity index (χ3n) is 6.42. The van der Waals surface area contributed by atoms with E-state index in [1.54, 1.807) is 12.0 Å². The second kappa shape index (κ2) is 10.7. The van der Waals surface area contributed by atoms with Crippen LogP contribution in [0.4, 0.5) is 0 Å². The van der Waals surface area contributed by atoms with E-state index in [1.807, 2.05) is 55.5 Å². The Morgan fingerprint density at radius 1 is 1.15 bits per heavy atom. The van der Waals surface area contributed by atoms with E-state index in [1.165, 1.54) is 10.1 Å². The number of methoxy groups -OCH3 is 1. The van der Waals surface area contributed by atoms with Crippen molar-refractivity contribution in [1.82, 2.24) is 14.5 Å². The van der Waals surface area contributed by atoms with Crippen LogP contribution in [0.1, 0.15) is 59.0 Å². The van der Waals surface area contributed by atoms with Crippen LogP contribution in [-0.2, 0) is 11.2 Å². The van der Waals surface area contributed by atoms with Crippen molar-refractivity contribution in [3.05, 3.63) is 93.5 Å². The predicted octanol–water partition coefficient (Wildman–Crippen LogP) is 3.77. The Morgan fingerprint density at radius 3 is 2.47 bits per heavy atom. The van der Waals surface area contributed by atoms with Gasteiger partial charge in [0.05, 0.1) is 12.6 Å². The highest BCUT2D eigenvalue weighted by molar-refractivity contribution is 5.96. The van der Waals surface area contributed by atoms with Gasteiger partial charge >= 0.3 is 0 Å². The van der Waals surface area contributed by atoms with Crippen LogP contribution in [0.2, 0.25) is 0 Å². The summed E-state index contributed by atoms with van der Waals surface area (Å²) in [5.74, 6) is -0.333. The van der Waals surface area contributed by atoms with Crippen LogP contribution < -0.4 is 5.56 Å². The van der Waals surface area contributed by atoms with Crippen LogP contribution >= 0.6 is 0 Å². The van der Waals surface area contributed by atoms with E-state index < -0.39 is 23.4 Å². The second-order valence-corrected chi connectivity index (χ2v) is 8.68. The third kappa shape index (κ3) is 4.75. The molecule has 4 rings (SSSR count). The number of likely N-dealkylation sites (tertiary alicyclic amines) is 1. The van der Waals surface area contributed by atoms with Gasteiger partial charge in [0.2, 0.25) is 5.88 Å². The SMILES string of the molecule is CCCc1nc(O)c(C(=O)N2CC[C@@H](c3ccccc3)C2)c(=O)n1C(COC)c1ccccc1. The first-order valence-electron chi connectivity index (χ1n) is 11.8. The molecular weight excluding hydrogens is 430 g/mol. The molecule has 1 aliphatic heterocycles. The van der Waals surface area contributed by atoms with Gasteiger partial charge < -0.3 is 14.7 Å². The molecule has 3 aromatic rings. The Labute approximate surface area is 199 Å². The first kappa shape index (κ1) is 23.7. The van der Waals surface area contributed by atoms with Crippen molar-refractivity contribution >= 4 is 5.91 Å². The maximum Gasteiger partial charge on any atom is 0.271 e. The molecule has 1 saturated heterocycles. The number of rotatable bonds is 8. The standard InChI is InChI=1S/C27H31N3O4/c1-3-10-23-28-25(31)24(26(32)29-16-15-21(17-29)19-11-6-4-7-12-19)27(33)30(23)22(18-34-2)20-13-8-5-9-14-20/h4-9,11-14,21-22,31H,3,10,15-18H2,1-2H3/t21-,22?/m1/s1. The molecule has 0 bridgehead atoms. The van der Waals surface area contributed by atoms with E-state index in [0.717, 1.165) is 18.4 Å². The molecule has 2 aromatic carbocycles. The van der Waals surface area contributed by atoms with Crippen LogP contribution in [0.15, 0.2) is 65.5 Å². The number of hydrogen-bond donors (Lipinski definition) is 1. The van der Waals surface area contributed by atoms with Crippen molar-refractivity contribution in [2.75, 3.05) is 26.8 Å². The van der Waals surface area contributed by atoms with Gasteiger partial charge in [0.25, 0.3) is 11.5 Å². The monoisotopic (exact) mass is 461 g/mol. The number of aromatic nitrogens is 2. The Kier molecular flexibility index (Phi) is 7.43. The van der Waals surface area contributed by atoms with Crippen molar-refractivity contribution in [3.63, 3.8) is 0 Å². The largest absolute Gasteiger partial charge is 0.493 e. The number of aryl methyl sites for hydroxylation is 1. The number of carbonyl (C=O) groups is 1. The molecule has 0 saturated carbocycles. The van der Waals surface area contributed by atoms with Gasteiger partial charge in [-0.2, -0.15) is 4.98 Å². The van der Waals surface area contributed by atoms with E-state index in [2.05, 4.69) is 17.1 Å². The number of nitrogens with zero attached hydrogens (tertiary/aromatic N) is 3. The lowest BCUT2D eigenvalue weighted by atomic mass is 9.99. The molecule has 1 amide bonds. The normalized spacial score (nSPS) is 16.5. The van der Waals surface area contributed by atoms with Crippen LogP contribution in [0.25, 0.3) is 0 Å². The van der Waals surface area contributed by atoms with E-state index in [9.17, 15) is 14.7 Å². The molecule has 1 aromatic heterocycles. The van der Waals surface area contributed by atoms with Gasteiger partial charge in [0, 0.05) is 32.5 Å². The molecule has 34 heavy (non-hydrogen) atoms. The summed E-state index contributed by atoms with van der Waals surface area (Å²) in [4.78, 5) is 33.3. The first-order chi connectivity index (χ1) is 16.5. The highest BCUT2D eigenvalue weighted by atomic mass is 16.5. The molecule has 0 spiro atoms. The van der Waals surface area contributed by atoms with E-state index >= 15 is 0 Å². The summed E-state index contributed by atoms with van der Waals surface area (Å²) in [6.07, 6.45) is 2.03. The van der Waals surface area contributed by atoms with Gasteiger partial charge in [-0.05, 0) is 24.0 Å². The molecule has 178 valence electrons. The van der Waals surface area contributed by atoms with Crippen molar-refractivity contribution < 1.29 is 14.6 Å². The van der Waals surface area contributed by atoms with Gasteiger partial charge in [-0.3, -0.25) is 14.2 Å². The minimum Gasteiger partial charge on any atom is -0.493 e. The van der Waals surface area contributed by atoms with Crippen LogP contribution in [0.3, 0.4) is 0 Å². The lowest BCUT2D eigenvalue weighted by Gasteiger charge is -2.24. The Balaban J connectivity index is 1.74. The quantitative estimate of drug-likeness (QED) is 0.552. The Morgan fingerprint density at radius 2 is 1.82 bits per heavy atom. The maximum atomic E-state index is 13.8. The smallest absolute Gasteiger partial charge is 0.271 e. The maximum absolute atomic E-state index is 13.8. The van der Waals surface area contributed by atoms with E-state index in [4.69, 9.17) is 4.74 Å². The zero-order chi connectivity index (χ0) is 24.1. The summed E-state index contributed by atoms with van der Waals surface area (Å²) >= 11 is 0. The van der Waals surface area contributed by atoms with Gasteiger partial charge in [-0.15, -0.1) is 0 Å². The molecule has 2 atom stereocenters. The van der Waals surface area contributed by atoms with Crippen molar-refractivity contribution in [3.8, 4) is 5.88 Å². The summed E-state index contributed by atoms with van der Waals surface area (Å²) in [6, 6.07) is 19.1. The molecule has 1 N–H and O–H groups in total. The molecule has 1 unspecified atom stereocenters. The summed E-state index contributed by atoms with van der Waals surface area (Å²) in [5, 5.41) is 10.7. The molecule has 7 heteroatoms. The number of hydrogen-bond acceptors (Lipinski definition) is 5. The van der Waals surface area contributed by atoms with Crippen molar-refractivity contribution in [2.45, 2.75) is 38.1 Å².